The summed E-state index contributed by atoms with van der Waals surface area (Å²) in [7, 11) is -2.93. The Morgan fingerprint density at radius 3 is 2.52 bits per heavy atom. The number of ether oxygens (including phenoxy) is 2. The highest BCUT2D eigenvalue weighted by atomic mass is 32.5. The van der Waals surface area contributed by atoms with Crippen molar-refractivity contribution in [2.45, 2.75) is 49.0 Å². The summed E-state index contributed by atoms with van der Waals surface area (Å²) in [6.07, 6.45) is -9.70. The predicted octanol–water partition coefficient (Wildman–Crippen LogP) is -0.613. The number of aromatic amines is 1. The lowest BCUT2D eigenvalue weighted by Crippen LogP contribution is -2.42. The van der Waals surface area contributed by atoms with E-state index in [9.17, 15) is 19.7 Å². The van der Waals surface area contributed by atoms with Crippen molar-refractivity contribution in [3.63, 3.8) is 0 Å². The molecule has 0 aliphatic carbocycles. The highest BCUT2D eigenvalue weighted by molar-refractivity contribution is 8.07. The van der Waals surface area contributed by atoms with Gasteiger partial charge < -0.3 is 44.9 Å². The molecule has 4 aromatic heterocycles. The van der Waals surface area contributed by atoms with E-state index in [-0.39, 0.29) is 34.1 Å². The summed E-state index contributed by atoms with van der Waals surface area (Å²) in [4.78, 5) is 54.8. The van der Waals surface area contributed by atoms with Gasteiger partial charge in [0.1, 0.15) is 30.2 Å². The summed E-state index contributed by atoms with van der Waals surface area (Å²) in [5.41, 5.74) is 10.3. The average Bonchev–Trinajstić information content (AvgIpc) is 3.72. The van der Waals surface area contributed by atoms with Gasteiger partial charge in [-0.1, -0.05) is 0 Å². The van der Waals surface area contributed by atoms with Crippen molar-refractivity contribution in [2.24, 2.45) is 0 Å². The molecule has 0 aromatic carbocycles. The maximum atomic E-state index is 15.7. The number of hydrogen-bond donors (Lipinski definition) is 6. The predicted molar refractivity (Wildman–Crippen MR) is 157 cm³/mol. The molecule has 250 valence electrons. The summed E-state index contributed by atoms with van der Waals surface area (Å²) >= 11 is 9.74. The van der Waals surface area contributed by atoms with Crippen LogP contribution >= 0.6 is 13.9 Å². The largest absolute Gasteiger partial charge is 0.393 e. The zero-order valence-electron chi connectivity index (χ0n) is 22.7. The first kappa shape index (κ1) is 33.2. The summed E-state index contributed by atoms with van der Waals surface area (Å²) in [6.45, 7) is -6.66. The number of rotatable bonds is 10. The van der Waals surface area contributed by atoms with Crippen molar-refractivity contribution in [3.8, 4) is 0 Å². The lowest BCUT2D eigenvalue weighted by atomic mass is 10.1. The standard InChI is InChI=1S/C20H23F3N10O9P2S2/c21-8-11(41-43(36)45)6(39-17(8)32-4-28-9-13(24)26-3-27-14(9)32)2-38-44(37,46)42-12-18(40-7(1-34)20(12,22)23)33-5-29-10-15(33)30-19(25)31-16(10)35/h3-8,11-12,17-18,34,43H,1-2H2,(H,36,45)(H,37,46)(H2,24,26,27)(H3,25,30,31,35)/t6-,7-,8+,11-,12+,17-,18-,44?/m1/s1. The van der Waals surface area contributed by atoms with Crippen LogP contribution in [0.25, 0.3) is 22.3 Å². The van der Waals surface area contributed by atoms with Crippen LogP contribution in [0.4, 0.5) is 24.9 Å². The van der Waals surface area contributed by atoms with Gasteiger partial charge in [0.2, 0.25) is 5.95 Å². The van der Waals surface area contributed by atoms with Crippen molar-refractivity contribution in [1.82, 2.24) is 39.0 Å². The molecule has 6 heterocycles. The number of aliphatic hydroxyl groups is 1. The van der Waals surface area contributed by atoms with Crippen LogP contribution in [0.1, 0.15) is 12.5 Å². The number of H-pyrrole nitrogens is 1. The summed E-state index contributed by atoms with van der Waals surface area (Å²) in [5.74, 6) is -4.34. The maximum Gasteiger partial charge on any atom is 0.325 e. The van der Waals surface area contributed by atoms with E-state index in [2.05, 4.69) is 29.9 Å². The number of nitrogens with one attached hydrogen (secondary N) is 1. The summed E-state index contributed by atoms with van der Waals surface area (Å²) < 4.78 is 75.6. The molecule has 46 heavy (non-hydrogen) atoms. The van der Waals surface area contributed by atoms with Crippen LogP contribution in [-0.2, 0) is 46.7 Å². The van der Waals surface area contributed by atoms with Crippen molar-refractivity contribution >= 4 is 71.6 Å². The van der Waals surface area contributed by atoms with E-state index in [1.165, 1.54) is 10.9 Å². The highest BCUT2D eigenvalue weighted by Crippen LogP contribution is 2.54. The van der Waals surface area contributed by atoms with Crippen LogP contribution in [0.15, 0.2) is 23.8 Å². The average molecular weight is 731 g/mol. The smallest absolute Gasteiger partial charge is 0.325 e. The fourth-order valence-corrected chi connectivity index (χ4v) is 7.28. The van der Waals surface area contributed by atoms with Gasteiger partial charge in [-0.05, 0) is 23.6 Å². The van der Waals surface area contributed by atoms with Gasteiger partial charge >= 0.3 is 12.6 Å². The summed E-state index contributed by atoms with van der Waals surface area (Å²) in [6, 6.07) is 0. The van der Waals surface area contributed by atoms with Crippen molar-refractivity contribution in [1.29, 1.82) is 0 Å². The van der Waals surface area contributed by atoms with E-state index in [0.29, 0.717) is 0 Å². The van der Waals surface area contributed by atoms with E-state index < -0.39 is 81.6 Å². The topological polar surface area (TPSA) is 266 Å². The van der Waals surface area contributed by atoms with Crippen LogP contribution in [0.3, 0.4) is 0 Å². The Kier molecular flexibility index (Phi) is 8.93. The highest BCUT2D eigenvalue weighted by Gasteiger charge is 2.62. The van der Waals surface area contributed by atoms with E-state index in [0.717, 1.165) is 17.2 Å². The maximum absolute atomic E-state index is 15.7. The minimum absolute atomic E-state index is 0.0125. The molecule has 0 saturated carbocycles. The van der Waals surface area contributed by atoms with Crippen LogP contribution in [-0.4, -0.2) is 104 Å². The van der Waals surface area contributed by atoms with Gasteiger partial charge in [-0.25, -0.2) is 33.1 Å². The molecule has 26 heteroatoms. The van der Waals surface area contributed by atoms with E-state index in [4.69, 9.17) is 58.1 Å². The number of aromatic nitrogens is 8. The van der Waals surface area contributed by atoms with Gasteiger partial charge in [-0.3, -0.25) is 23.4 Å². The quantitative estimate of drug-likeness (QED) is 0.111. The van der Waals surface area contributed by atoms with Gasteiger partial charge in [0.05, 0.1) is 25.9 Å². The number of nitrogen functional groups attached to an aromatic ring is 2. The van der Waals surface area contributed by atoms with Crippen LogP contribution in [0.2, 0.25) is 0 Å². The third-order valence-electron chi connectivity index (χ3n) is 7.08. The Morgan fingerprint density at radius 1 is 1.13 bits per heavy atom. The zero-order valence-corrected chi connectivity index (χ0v) is 26.2. The molecule has 2 unspecified atom stereocenters. The van der Waals surface area contributed by atoms with Gasteiger partial charge in [0, 0.05) is 0 Å². The van der Waals surface area contributed by atoms with E-state index in [1.54, 1.807) is 0 Å². The molecule has 2 aliphatic rings. The Morgan fingerprint density at radius 2 is 1.83 bits per heavy atom. The fourth-order valence-electron chi connectivity index (χ4n) is 5.04. The molecule has 2 aliphatic heterocycles. The minimum Gasteiger partial charge on any atom is -0.393 e. The fraction of sp³-hybridized carbons (Fsp3) is 0.500. The molecule has 9 atom stereocenters. The van der Waals surface area contributed by atoms with Crippen molar-refractivity contribution in [3.05, 3.63) is 29.3 Å². The second kappa shape index (κ2) is 12.4. The lowest BCUT2D eigenvalue weighted by Gasteiger charge is -2.28. The van der Waals surface area contributed by atoms with E-state index in [1.807, 2.05) is 0 Å². The number of halogens is 3. The van der Waals surface area contributed by atoms with Gasteiger partial charge in [-0.2, -0.15) is 4.98 Å². The number of fused-ring (bicyclic) bond motifs is 2. The molecule has 0 radical (unpaired) electrons. The van der Waals surface area contributed by atoms with Crippen molar-refractivity contribution < 1.29 is 51.1 Å². The van der Waals surface area contributed by atoms with Crippen LogP contribution in [0, 0.1) is 0 Å². The molecular formula is C20H23F3N10O9P2S2. The molecule has 2 saturated heterocycles. The third-order valence-corrected chi connectivity index (χ3v) is 9.38. The lowest BCUT2D eigenvalue weighted by molar-refractivity contribution is -0.120. The number of alkyl halides is 3. The Labute approximate surface area is 264 Å². The first-order valence-corrected chi connectivity index (χ1v) is 17.9. The molecule has 8 N–H and O–H groups in total. The van der Waals surface area contributed by atoms with Crippen molar-refractivity contribution in [2.75, 3.05) is 24.7 Å². The number of imidazole rings is 2. The van der Waals surface area contributed by atoms with Gasteiger partial charge in [-0.15, -0.1) is 0 Å². The van der Waals surface area contributed by atoms with E-state index >= 15 is 13.2 Å². The zero-order chi connectivity index (χ0) is 33.1. The molecule has 0 amide bonds. The SMILES string of the molecule is Nc1nc2c(ncn2[C@@H]2O[C@H](CO)C(F)(F)[C@H]2OP(O)(=S)OC[C@H]2O[C@@H](n3cnc4c(N)ncnc43)[C@@H](F)[C@@H]2O[PH](O)=S)c(=O)[nH]1. The Bertz CT molecular complexity index is 1920. The van der Waals surface area contributed by atoms with Gasteiger partial charge in [0.25, 0.3) is 5.56 Å². The van der Waals surface area contributed by atoms with Crippen LogP contribution in [0.5, 0.6) is 0 Å². The number of nitrogens with zero attached hydrogens (tertiary/aromatic N) is 7. The molecule has 0 spiro atoms. The Hall–Kier alpha value is -2.73. The number of aliphatic hydroxyl groups excluding tert-OH is 1. The minimum atomic E-state index is -4.69. The number of nitrogens with two attached hydrogens (primary N) is 2. The molecule has 2 fully saturated rings. The molecule has 4 aromatic rings. The first-order valence-electron chi connectivity index (χ1n) is 12.9. The number of anilines is 2. The second-order valence-electron chi connectivity index (χ2n) is 9.88. The molecular weight excluding hydrogens is 707 g/mol. The molecule has 19 nitrogen and oxygen atoms in total. The van der Waals surface area contributed by atoms with Gasteiger partial charge in [0.15, 0.2) is 54.5 Å². The Balaban J connectivity index is 1.25. The van der Waals surface area contributed by atoms with Crippen LogP contribution < -0.4 is 17.0 Å². The third kappa shape index (κ3) is 5.93. The first-order chi connectivity index (χ1) is 21.7. The monoisotopic (exact) mass is 730 g/mol. The number of hydrogen-bond acceptors (Lipinski definition) is 16. The summed E-state index contributed by atoms with van der Waals surface area (Å²) in [5, 5.41) is 9.59. The second-order valence-corrected chi connectivity index (χ2v) is 14.5. The molecule has 0 bridgehead atoms. The normalized spacial score (nSPS) is 29.8. The molecule has 6 rings (SSSR count).